The van der Waals surface area contributed by atoms with E-state index in [1.54, 1.807) is 32.1 Å². The molecule has 2 N–H and O–H groups in total. The molecular weight excluding hydrogens is 370 g/mol. The molecule has 0 saturated heterocycles. The van der Waals surface area contributed by atoms with E-state index >= 15 is 0 Å². The van der Waals surface area contributed by atoms with Crippen LogP contribution in [0.5, 0.6) is 0 Å². The van der Waals surface area contributed by atoms with Crippen molar-refractivity contribution in [1.29, 1.82) is 0 Å². The van der Waals surface area contributed by atoms with Crippen LogP contribution in [0, 0.1) is 11.8 Å². The van der Waals surface area contributed by atoms with Gasteiger partial charge in [0, 0.05) is 29.4 Å². The summed E-state index contributed by atoms with van der Waals surface area (Å²) in [4.78, 5) is 13.1. The highest BCUT2D eigenvalue weighted by atomic mass is 16.3. The van der Waals surface area contributed by atoms with Crippen molar-refractivity contribution in [3.05, 3.63) is 113 Å². The minimum absolute atomic E-state index is 0.143. The molecule has 3 rings (SSSR count). The Bertz CT molecular complexity index is 1080. The van der Waals surface area contributed by atoms with E-state index in [4.69, 9.17) is 0 Å². The van der Waals surface area contributed by atoms with Gasteiger partial charge in [-0.05, 0) is 37.1 Å². The van der Waals surface area contributed by atoms with Crippen LogP contribution in [0.3, 0.4) is 0 Å². The molecule has 0 aliphatic rings. The van der Waals surface area contributed by atoms with Crippen LogP contribution in [0.1, 0.15) is 40.9 Å². The predicted octanol–water partition coefficient (Wildman–Crippen LogP) is 4.82. The maximum atomic E-state index is 13.1. The quantitative estimate of drug-likeness (QED) is 0.357. The van der Waals surface area contributed by atoms with Crippen LogP contribution < -0.4 is 5.32 Å². The van der Waals surface area contributed by atoms with Crippen molar-refractivity contribution in [1.82, 2.24) is 5.32 Å². The van der Waals surface area contributed by atoms with Gasteiger partial charge in [-0.3, -0.25) is 4.79 Å². The van der Waals surface area contributed by atoms with Crippen LogP contribution in [-0.2, 0) is 6.54 Å². The van der Waals surface area contributed by atoms with Crippen molar-refractivity contribution in [2.45, 2.75) is 26.0 Å². The van der Waals surface area contributed by atoms with Crippen LogP contribution in [0.15, 0.2) is 91.0 Å². The fourth-order valence-corrected chi connectivity index (χ4v) is 2.88. The van der Waals surface area contributed by atoms with Crippen molar-refractivity contribution in [3.63, 3.8) is 0 Å². The minimum Gasteiger partial charge on any atom is -0.380 e. The average molecular weight is 396 g/mol. The van der Waals surface area contributed by atoms with E-state index in [0.29, 0.717) is 17.7 Å². The second-order valence-electron chi connectivity index (χ2n) is 7.48. The number of nitrogens with one attached hydrogen (secondary N) is 1. The Hall–Kier alpha value is -3.61. The lowest BCUT2D eigenvalue weighted by Crippen LogP contribution is -2.15. The van der Waals surface area contributed by atoms with E-state index < -0.39 is 5.60 Å². The molecule has 0 unspecified atom stereocenters. The number of allylic oxidation sites excluding steroid dienone is 1. The summed E-state index contributed by atoms with van der Waals surface area (Å²) in [5.41, 5.74) is 2.78. The number of carbonyl (C=O) groups excluding carboxylic acids is 1. The van der Waals surface area contributed by atoms with Gasteiger partial charge in [0.25, 0.3) is 0 Å². The number of benzene rings is 3. The lowest BCUT2D eigenvalue weighted by atomic mass is 10.0. The van der Waals surface area contributed by atoms with Gasteiger partial charge in [0.1, 0.15) is 5.60 Å². The highest BCUT2D eigenvalue weighted by Gasteiger charge is 2.12. The Morgan fingerprint density at radius 2 is 1.53 bits per heavy atom. The van der Waals surface area contributed by atoms with E-state index in [-0.39, 0.29) is 5.78 Å². The van der Waals surface area contributed by atoms with Gasteiger partial charge in [-0.25, -0.2) is 0 Å². The van der Waals surface area contributed by atoms with Crippen molar-refractivity contribution in [2.75, 3.05) is 0 Å². The van der Waals surface area contributed by atoms with Crippen LogP contribution >= 0.6 is 0 Å². The molecule has 150 valence electrons. The lowest BCUT2D eigenvalue weighted by molar-refractivity contribution is 0.104. The summed E-state index contributed by atoms with van der Waals surface area (Å²) in [6, 6.07) is 27.0. The number of carbonyl (C=O) groups is 1. The van der Waals surface area contributed by atoms with Gasteiger partial charge < -0.3 is 10.4 Å². The third-order valence-corrected chi connectivity index (χ3v) is 4.38. The molecule has 3 nitrogen and oxygen atoms in total. The molecule has 0 aliphatic carbocycles. The van der Waals surface area contributed by atoms with E-state index in [2.05, 4.69) is 17.2 Å². The lowest BCUT2D eigenvalue weighted by Gasteiger charge is -2.12. The number of aliphatic hydroxyl groups is 1. The summed E-state index contributed by atoms with van der Waals surface area (Å²) in [7, 11) is 0. The van der Waals surface area contributed by atoms with Crippen LogP contribution in [-0.4, -0.2) is 16.5 Å². The van der Waals surface area contributed by atoms with E-state index in [1.165, 1.54) is 0 Å². The van der Waals surface area contributed by atoms with Crippen LogP contribution in [0.2, 0.25) is 0 Å². The zero-order valence-electron chi connectivity index (χ0n) is 17.2. The smallest absolute Gasteiger partial charge is 0.189 e. The monoisotopic (exact) mass is 395 g/mol. The Labute approximate surface area is 178 Å². The summed E-state index contributed by atoms with van der Waals surface area (Å²) in [5.74, 6) is 5.57. The molecule has 3 heteroatoms. The number of rotatable bonds is 6. The first-order chi connectivity index (χ1) is 14.4. The molecular formula is C27H25NO2. The summed E-state index contributed by atoms with van der Waals surface area (Å²) in [6.07, 6.45) is 1.61. The second-order valence-corrected chi connectivity index (χ2v) is 7.48. The van der Waals surface area contributed by atoms with Crippen LogP contribution in [0.4, 0.5) is 0 Å². The normalized spacial score (nSPS) is 11.4. The fourth-order valence-electron chi connectivity index (χ4n) is 2.88. The van der Waals surface area contributed by atoms with E-state index in [1.807, 2.05) is 72.8 Å². The van der Waals surface area contributed by atoms with Gasteiger partial charge in [-0.2, -0.15) is 0 Å². The van der Waals surface area contributed by atoms with Gasteiger partial charge >= 0.3 is 0 Å². The maximum absolute atomic E-state index is 13.1. The predicted molar refractivity (Wildman–Crippen MR) is 122 cm³/mol. The SMILES string of the molecule is CC(C)(O)C#Cc1ccccc1C(=O)/C=C(/NCc1ccccc1)c1ccccc1. The summed E-state index contributed by atoms with van der Waals surface area (Å²) in [6.45, 7) is 3.84. The van der Waals surface area contributed by atoms with Gasteiger partial charge in [0.15, 0.2) is 5.78 Å². The Balaban J connectivity index is 1.93. The topological polar surface area (TPSA) is 49.3 Å². The zero-order valence-corrected chi connectivity index (χ0v) is 17.2. The summed E-state index contributed by atoms with van der Waals surface area (Å²) in [5, 5.41) is 13.3. The maximum Gasteiger partial charge on any atom is 0.189 e. The molecule has 0 fully saturated rings. The zero-order chi connectivity index (χ0) is 21.4. The molecule has 0 atom stereocenters. The third-order valence-electron chi connectivity index (χ3n) is 4.38. The van der Waals surface area contributed by atoms with Crippen molar-refractivity contribution in [2.24, 2.45) is 0 Å². The summed E-state index contributed by atoms with van der Waals surface area (Å²) >= 11 is 0. The summed E-state index contributed by atoms with van der Waals surface area (Å²) < 4.78 is 0. The molecule has 0 bridgehead atoms. The highest BCUT2D eigenvalue weighted by molar-refractivity contribution is 6.09. The van der Waals surface area contributed by atoms with Crippen molar-refractivity contribution < 1.29 is 9.90 Å². The molecule has 3 aromatic carbocycles. The number of hydrogen-bond acceptors (Lipinski definition) is 3. The van der Waals surface area contributed by atoms with Gasteiger partial charge in [-0.15, -0.1) is 0 Å². The molecule has 0 radical (unpaired) electrons. The highest BCUT2D eigenvalue weighted by Crippen LogP contribution is 2.16. The van der Waals surface area contributed by atoms with E-state index in [0.717, 1.165) is 16.8 Å². The van der Waals surface area contributed by atoms with Gasteiger partial charge in [0.2, 0.25) is 0 Å². The first-order valence-corrected chi connectivity index (χ1v) is 9.86. The number of hydrogen-bond donors (Lipinski definition) is 2. The van der Waals surface area contributed by atoms with Crippen LogP contribution in [0.25, 0.3) is 5.70 Å². The largest absolute Gasteiger partial charge is 0.380 e. The third kappa shape index (κ3) is 6.20. The Kier molecular flexibility index (Phi) is 6.85. The van der Waals surface area contributed by atoms with Gasteiger partial charge in [0.05, 0.1) is 0 Å². The van der Waals surface area contributed by atoms with Crippen molar-refractivity contribution in [3.8, 4) is 11.8 Å². The molecule has 0 aliphatic heterocycles. The Morgan fingerprint density at radius 1 is 0.933 bits per heavy atom. The average Bonchev–Trinajstić information content (AvgIpc) is 2.76. The molecule has 30 heavy (non-hydrogen) atoms. The molecule has 0 amide bonds. The van der Waals surface area contributed by atoms with Crippen molar-refractivity contribution >= 4 is 11.5 Å². The van der Waals surface area contributed by atoms with Gasteiger partial charge in [-0.1, -0.05) is 84.6 Å². The minimum atomic E-state index is -1.13. The standard InChI is InChI=1S/C27H25NO2/c1-27(2,30)18-17-22-13-9-10-16-24(22)26(29)19-25(23-14-7-4-8-15-23)28-20-21-11-5-3-6-12-21/h3-16,19,28,30H,20H2,1-2H3/b25-19+. The molecule has 0 heterocycles. The Morgan fingerprint density at radius 3 is 2.20 bits per heavy atom. The molecule has 3 aromatic rings. The molecule has 0 saturated carbocycles. The fraction of sp³-hybridized carbons (Fsp3) is 0.148. The number of ketones is 1. The molecule has 0 spiro atoms. The first-order valence-electron chi connectivity index (χ1n) is 9.86. The second kappa shape index (κ2) is 9.73. The van der Waals surface area contributed by atoms with E-state index in [9.17, 15) is 9.90 Å². The molecule has 0 aromatic heterocycles. The first kappa shape index (κ1) is 21.1.